The van der Waals surface area contributed by atoms with Gasteiger partial charge < -0.3 is 0 Å². The van der Waals surface area contributed by atoms with Gasteiger partial charge in [-0.2, -0.15) is 0 Å². The van der Waals surface area contributed by atoms with Crippen molar-refractivity contribution in [2.24, 2.45) is 0 Å². The van der Waals surface area contributed by atoms with Crippen molar-refractivity contribution in [3.05, 3.63) is 65.7 Å². The van der Waals surface area contributed by atoms with Crippen molar-refractivity contribution in [3.63, 3.8) is 0 Å². The number of hydrogen-bond donors (Lipinski definition) is 0. The van der Waals surface area contributed by atoms with Crippen molar-refractivity contribution in [3.8, 4) is 0 Å². The topological polar surface area (TPSA) is 54.2 Å². The Hall–Kier alpha value is -1.98. The van der Waals surface area contributed by atoms with E-state index in [0.717, 1.165) is 12.8 Å². The molecule has 0 amide bonds. The highest BCUT2D eigenvalue weighted by Gasteiger charge is 2.43. The van der Waals surface area contributed by atoms with Crippen molar-refractivity contribution in [2.75, 3.05) is 12.8 Å². The molecule has 1 saturated heterocycles. The molecule has 0 aliphatic carbocycles. The lowest BCUT2D eigenvalue weighted by molar-refractivity contribution is 0.0969. The number of Topliss-reactive ketones (excluding diaryl/α,β-unsaturated/α-hetero) is 1. The predicted octanol–water partition coefficient (Wildman–Crippen LogP) is 2.72. The van der Waals surface area contributed by atoms with E-state index in [1.807, 2.05) is 18.2 Å². The molecule has 0 aromatic heterocycles. The molecule has 2 aromatic rings. The highest BCUT2D eigenvalue weighted by atomic mass is 32.2. The van der Waals surface area contributed by atoms with E-state index in [-0.39, 0.29) is 22.8 Å². The molecule has 3 atom stereocenters. The lowest BCUT2D eigenvalue weighted by Crippen LogP contribution is -2.16. The normalized spacial score (nSPS) is 21.7. The van der Waals surface area contributed by atoms with E-state index in [9.17, 15) is 13.2 Å². The van der Waals surface area contributed by atoms with Crippen molar-refractivity contribution in [1.82, 2.24) is 4.90 Å². The molecule has 3 rings (SSSR count). The Kier molecular flexibility index (Phi) is 4.08. The Morgan fingerprint density at radius 3 is 2.26 bits per heavy atom. The summed E-state index contributed by atoms with van der Waals surface area (Å²) in [5, 5.41) is 0. The molecule has 0 saturated carbocycles. The summed E-state index contributed by atoms with van der Waals surface area (Å²) in [5.74, 6) is 0.0489. The van der Waals surface area contributed by atoms with Gasteiger partial charge in [0.05, 0.1) is 10.9 Å². The van der Waals surface area contributed by atoms with Crippen LogP contribution >= 0.6 is 0 Å². The van der Waals surface area contributed by atoms with E-state index in [1.165, 1.54) is 17.7 Å². The van der Waals surface area contributed by atoms with E-state index in [0.29, 0.717) is 5.56 Å². The van der Waals surface area contributed by atoms with Gasteiger partial charge in [-0.05, 0) is 24.6 Å². The third-order valence-electron chi connectivity index (χ3n) is 4.30. The smallest absolute Gasteiger partial charge is 0.181 e. The van der Waals surface area contributed by atoms with Gasteiger partial charge in [0.25, 0.3) is 0 Å². The van der Waals surface area contributed by atoms with Gasteiger partial charge in [-0.3, -0.25) is 9.69 Å². The molecule has 4 nitrogen and oxygen atoms in total. The zero-order valence-electron chi connectivity index (χ0n) is 13.1. The maximum atomic E-state index is 12.5. The van der Waals surface area contributed by atoms with Gasteiger partial charge in [-0.25, -0.2) is 8.42 Å². The number of sulfone groups is 1. The molecule has 1 aliphatic rings. The van der Waals surface area contributed by atoms with E-state index in [2.05, 4.69) is 24.0 Å². The average molecular weight is 329 g/mol. The van der Waals surface area contributed by atoms with Gasteiger partial charge in [-0.1, -0.05) is 42.5 Å². The summed E-state index contributed by atoms with van der Waals surface area (Å²) in [6, 6.07) is 16.4. The van der Waals surface area contributed by atoms with Crippen molar-refractivity contribution in [1.29, 1.82) is 0 Å². The minimum absolute atomic E-state index is 0.0489. The summed E-state index contributed by atoms with van der Waals surface area (Å²) >= 11 is 0. The van der Waals surface area contributed by atoms with Crippen LogP contribution in [0.5, 0.6) is 0 Å². The molecule has 0 bridgehead atoms. The second kappa shape index (κ2) is 5.91. The minimum Gasteiger partial charge on any atom is -0.292 e. The second-order valence-corrected chi connectivity index (χ2v) is 7.98. The Morgan fingerprint density at radius 2 is 1.70 bits per heavy atom. The van der Waals surface area contributed by atoms with Crippen molar-refractivity contribution < 1.29 is 13.2 Å². The number of ketones is 1. The summed E-state index contributed by atoms with van der Waals surface area (Å²) in [5.41, 5.74) is 1.75. The molecule has 23 heavy (non-hydrogen) atoms. The van der Waals surface area contributed by atoms with Gasteiger partial charge in [0, 0.05) is 24.4 Å². The maximum Gasteiger partial charge on any atom is 0.181 e. The fraction of sp³-hybridized carbons (Fsp3) is 0.278. The fourth-order valence-corrected chi connectivity index (χ4v) is 3.43. The Balaban J connectivity index is 1.71. The molecular formula is C18H19NO3S. The SMILES string of the molecule is C[C@@H](c1ccccc1)N1C[C@@H]1C(=O)c1ccc(S(C)(=O)=O)cc1. The first-order valence-corrected chi connectivity index (χ1v) is 9.42. The van der Waals surface area contributed by atoms with Crippen LogP contribution in [0.3, 0.4) is 0 Å². The third kappa shape index (κ3) is 3.35. The standard InChI is InChI=1S/C18H19NO3S/c1-13(14-6-4-3-5-7-14)19-12-17(19)18(20)15-8-10-16(11-9-15)23(2,21)22/h3-11,13,17H,12H2,1-2H3/t13-,17+,19?/m0/s1. The van der Waals surface area contributed by atoms with Gasteiger partial charge in [-0.15, -0.1) is 0 Å². The first-order chi connectivity index (χ1) is 10.9. The molecule has 1 heterocycles. The predicted molar refractivity (Wildman–Crippen MR) is 89.2 cm³/mol. The summed E-state index contributed by atoms with van der Waals surface area (Å²) in [6.07, 6.45) is 1.16. The zero-order chi connectivity index (χ0) is 16.6. The van der Waals surface area contributed by atoms with Crippen LogP contribution in [-0.2, 0) is 9.84 Å². The zero-order valence-corrected chi connectivity index (χ0v) is 14.0. The maximum absolute atomic E-state index is 12.5. The van der Waals surface area contributed by atoms with Gasteiger partial charge in [0.15, 0.2) is 15.6 Å². The summed E-state index contributed by atoms with van der Waals surface area (Å²) in [4.78, 5) is 14.9. The fourth-order valence-electron chi connectivity index (χ4n) is 2.80. The number of carbonyl (C=O) groups excluding carboxylic acids is 1. The molecule has 1 fully saturated rings. The van der Waals surface area contributed by atoms with Crippen LogP contribution < -0.4 is 0 Å². The molecule has 0 N–H and O–H groups in total. The van der Waals surface area contributed by atoms with Crippen LogP contribution in [0.1, 0.15) is 28.9 Å². The highest BCUT2D eigenvalue weighted by molar-refractivity contribution is 7.90. The largest absolute Gasteiger partial charge is 0.292 e. The van der Waals surface area contributed by atoms with Gasteiger partial charge in [0.1, 0.15) is 0 Å². The van der Waals surface area contributed by atoms with Gasteiger partial charge >= 0.3 is 0 Å². The average Bonchev–Trinajstić information content (AvgIpc) is 3.34. The minimum atomic E-state index is -3.23. The molecule has 1 aliphatic heterocycles. The summed E-state index contributed by atoms with van der Waals surface area (Å²) in [6.45, 7) is 2.83. The van der Waals surface area contributed by atoms with Gasteiger partial charge in [0.2, 0.25) is 0 Å². The lowest BCUT2D eigenvalue weighted by atomic mass is 10.1. The third-order valence-corrected chi connectivity index (χ3v) is 5.43. The first-order valence-electron chi connectivity index (χ1n) is 7.53. The van der Waals surface area contributed by atoms with Crippen molar-refractivity contribution >= 4 is 15.6 Å². The summed E-state index contributed by atoms with van der Waals surface area (Å²) < 4.78 is 22.9. The van der Waals surface area contributed by atoms with Crippen LogP contribution in [0, 0.1) is 0 Å². The van der Waals surface area contributed by atoms with Crippen LogP contribution in [0.25, 0.3) is 0 Å². The number of hydrogen-bond acceptors (Lipinski definition) is 4. The van der Waals surface area contributed by atoms with E-state index >= 15 is 0 Å². The number of rotatable bonds is 5. The molecule has 2 aromatic carbocycles. The molecule has 0 radical (unpaired) electrons. The Bertz CT molecular complexity index is 813. The highest BCUT2D eigenvalue weighted by Crippen LogP contribution is 2.33. The Morgan fingerprint density at radius 1 is 1.09 bits per heavy atom. The lowest BCUT2D eigenvalue weighted by Gasteiger charge is -2.14. The molecule has 1 unspecified atom stereocenters. The van der Waals surface area contributed by atoms with E-state index in [1.54, 1.807) is 12.1 Å². The van der Waals surface area contributed by atoms with Crippen LogP contribution in [-0.4, -0.2) is 37.9 Å². The van der Waals surface area contributed by atoms with Crippen LogP contribution in [0.15, 0.2) is 59.5 Å². The molecule has 120 valence electrons. The van der Waals surface area contributed by atoms with Crippen LogP contribution in [0.4, 0.5) is 0 Å². The quantitative estimate of drug-likeness (QED) is 0.625. The monoisotopic (exact) mass is 329 g/mol. The second-order valence-electron chi connectivity index (χ2n) is 5.96. The van der Waals surface area contributed by atoms with Crippen LogP contribution in [0.2, 0.25) is 0 Å². The number of benzene rings is 2. The molecule has 0 spiro atoms. The number of carbonyl (C=O) groups is 1. The first kappa shape index (κ1) is 15.9. The number of nitrogens with zero attached hydrogens (tertiary/aromatic N) is 1. The Labute approximate surface area is 136 Å². The van der Waals surface area contributed by atoms with E-state index < -0.39 is 9.84 Å². The summed E-state index contributed by atoms with van der Waals surface area (Å²) in [7, 11) is -3.23. The molecule has 5 heteroatoms. The van der Waals surface area contributed by atoms with E-state index in [4.69, 9.17) is 0 Å². The van der Waals surface area contributed by atoms with Crippen molar-refractivity contribution in [2.45, 2.75) is 23.9 Å². The molecular weight excluding hydrogens is 310 g/mol.